The summed E-state index contributed by atoms with van der Waals surface area (Å²) in [5, 5.41) is 8.97. The number of aliphatic carboxylic acids is 1. The van der Waals surface area contributed by atoms with Gasteiger partial charge in [0.1, 0.15) is 0 Å². The van der Waals surface area contributed by atoms with Gasteiger partial charge in [-0.3, -0.25) is 9.59 Å². The maximum Gasteiger partial charge on any atom is 0.305 e. The molecule has 0 aliphatic carbocycles. The van der Waals surface area contributed by atoms with Crippen LogP contribution in [-0.2, 0) is 14.3 Å². The molecule has 0 radical (unpaired) electrons. The summed E-state index contributed by atoms with van der Waals surface area (Å²) >= 11 is 3.53. The maximum absolute atomic E-state index is 12.8. The van der Waals surface area contributed by atoms with Crippen LogP contribution in [0.2, 0.25) is 0 Å². The molecular formula is C18H24BrNO4. The number of ether oxygens (including phenoxy) is 1. The van der Waals surface area contributed by atoms with Gasteiger partial charge in [0.15, 0.2) is 0 Å². The van der Waals surface area contributed by atoms with Crippen molar-refractivity contribution in [2.75, 3.05) is 19.8 Å². The van der Waals surface area contributed by atoms with Crippen LogP contribution < -0.4 is 0 Å². The van der Waals surface area contributed by atoms with Gasteiger partial charge in [0.25, 0.3) is 0 Å². The highest BCUT2D eigenvalue weighted by Gasteiger charge is 2.27. The first-order valence-electron chi connectivity index (χ1n) is 8.32. The van der Waals surface area contributed by atoms with Crippen LogP contribution in [0, 0.1) is 0 Å². The van der Waals surface area contributed by atoms with E-state index in [0.717, 1.165) is 22.9 Å². The summed E-state index contributed by atoms with van der Waals surface area (Å²) in [5.74, 6) is -0.787. The van der Waals surface area contributed by atoms with Crippen LogP contribution in [0.1, 0.15) is 44.1 Å². The molecule has 1 amide bonds. The van der Waals surface area contributed by atoms with Gasteiger partial charge in [-0.1, -0.05) is 41.1 Å². The lowest BCUT2D eigenvalue weighted by Crippen LogP contribution is -2.44. The van der Waals surface area contributed by atoms with Crippen LogP contribution in [0.4, 0.5) is 0 Å². The van der Waals surface area contributed by atoms with Crippen molar-refractivity contribution in [2.45, 2.75) is 44.6 Å². The van der Waals surface area contributed by atoms with Crippen molar-refractivity contribution in [1.29, 1.82) is 0 Å². The molecule has 0 spiro atoms. The molecule has 1 aliphatic rings. The number of hydrogen-bond donors (Lipinski definition) is 1. The molecule has 1 aromatic rings. The SMILES string of the molecule is CC(CC(=O)N(CCC(=O)O)C1CCOCC1)c1ccccc1Br. The molecule has 1 saturated heterocycles. The molecular weight excluding hydrogens is 374 g/mol. The highest BCUT2D eigenvalue weighted by molar-refractivity contribution is 9.10. The van der Waals surface area contributed by atoms with Gasteiger partial charge in [-0.25, -0.2) is 0 Å². The summed E-state index contributed by atoms with van der Waals surface area (Å²) in [6, 6.07) is 7.97. The Labute approximate surface area is 151 Å². The van der Waals surface area contributed by atoms with Gasteiger partial charge >= 0.3 is 5.97 Å². The van der Waals surface area contributed by atoms with E-state index in [2.05, 4.69) is 15.9 Å². The zero-order chi connectivity index (χ0) is 17.5. The first kappa shape index (κ1) is 18.9. The largest absolute Gasteiger partial charge is 0.481 e. The number of carboxylic acids is 1. The van der Waals surface area contributed by atoms with Crippen molar-refractivity contribution < 1.29 is 19.4 Å². The van der Waals surface area contributed by atoms with Gasteiger partial charge in [0.2, 0.25) is 5.91 Å². The molecule has 1 heterocycles. The number of halogens is 1. The van der Waals surface area contributed by atoms with E-state index in [9.17, 15) is 9.59 Å². The molecule has 5 nitrogen and oxygen atoms in total. The van der Waals surface area contributed by atoms with Crippen molar-refractivity contribution in [3.8, 4) is 0 Å². The van der Waals surface area contributed by atoms with Crippen molar-refractivity contribution >= 4 is 27.8 Å². The summed E-state index contributed by atoms with van der Waals surface area (Å²) in [7, 11) is 0. The molecule has 1 aromatic carbocycles. The second kappa shape index (κ2) is 9.18. The summed E-state index contributed by atoms with van der Waals surface area (Å²) in [4.78, 5) is 25.5. The standard InChI is InChI=1S/C18H24BrNO4/c1-13(15-4-2-3-5-16(15)19)12-17(21)20(9-6-18(22)23)14-7-10-24-11-8-14/h2-5,13-14H,6-12H2,1H3,(H,22,23). The van der Waals surface area contributed by atoms with Crippen LogP contribution in [0.15, 0.2) is 28.7 Å². The number of nitrogens with zero attached hydrogens (tertiary/aromatic N) is 1. The molecule has 132 valence electrons. The Hall–Kier alpha value is -1.40. The zero-order valence-corrected chi connectivity index (χ0v) is 15.5. The monoisotopic (exact) mass is 397 g/mol. The third-order valence-electron chi connectivity index (χ3n) is 4.44. The highest BCUT2D eigenvalue weighted by Crippen LogP contribution is 2.28. The Bertz CT molecular complexity index is 572. The van der Waals surface area contributed by atoms with E-state index in [1.165, 1.54) is 0 Å². The number of rotatable bonds is 7. The normalized spacial score (nSPS) is 16.6. The number of amides is 1. The predicted molar refractivity (Wildman–Crippen MR) is 95.0 cm³/mol. The molecule has 2 rings (SSSR count). The van der Waals surface area contributed by atoms with Crippen molar-refractivity contribution in [3.05, 3.63) is 34.3 Å². The minimum Gasteiger partial charge on any atom is -0.481 e. The first-order chi connectivity index (χ1) is 11.5. The van der Waals surface area contributed by atoms with Gasteiger partial charge in [-0.2, -0.15) is 0 Å². The Balaban J connectivity index is 2.05. The maximum atomic E-state index is 12.8. The molecule has 1 atom stereocenters. The second-order valence-electron chi connectivity index (χ2n) is 6.20. The van der Waals surface area contributed by atoms with Gasteiger partial charge in [0.05, 0.1) is 6.42 Å². The van der Waals surface area contributed by atoms with Crippen molar-refractivity contribution in [3.63, 3.8) is 0 Å². The van der Waals surface area contributed by atoms with Crippen LogP contribution >= 0.6 is 15.9 Å². The van der Waals surface area contributed by atoms with Gasteiger partial charge in [-0.15, -0.1) is 0 Å². The van der Waals surface area contributed by atoms with E-state index in [1.54, 1.807) is 4.90 Å². The Morgan fingerprint density at radius 2 is 2.00 bits per heavy atom. The fraction of sp³-hybridized carbons (Fsp3) is 0.556. The topological polar surface area (TPSA) is 66.8 Å². The molecule has 0 saturated carbocycles. The zero-order valence-electron chi connectivity index (χ0n) is 13.9. The minimum absolute atomic E-state index is 0.0198. The van der Waals surface area contributed by atoms with Crippen LogP contribution in [0.25, 0.3) is 0 Å². The number of benzene rings is 1. The Kier molecular flexibility index (Phi) is 7.24. The van der Waals surface area contributed by atoms with E-state index >= 15 is 0 Å². The summed E-state index contributed by atoms with van der Waals surface area (Å²) in [5.41, 5.74) is 1.09. The smallest absolute Gasteiger partial charge is 0.305 e. The lowest BCUT2D eigenvalue weighted by atomic mass is 9.96. The third kappa shape index (κ3) is 5.31. The van der Waals surface area contributed by atoms with Gasteiger partial charge in [0, 0.05) is 36.7 Å². The molecule has 1 fully saturated rings. The summed E-state index contributed by atoms with van der Waals surface area (Å²) < 4.78 is 6.35. The average molecular weight is 398 g/mol. The van der Waals surface area contributed by atoms with Crippen LogP contribution in [0.3, 0.4) is 0 Å². The lowest BCUT2D eigenvalue weighted by Gasteiger charge is -2.35. The molecule has 24 heavy (non-hydrogen) atoms. The number of hydrogen-bond acceptors (Lipinski definition) is 3. The molecule has 0 bridgehead atoms. The summed E-state index contributed by atoms with van der Waals surface area (Å²) in [6.45, 7) is 3.54. The Morgan fingerprint density at radius 1 is 1.33 bits per heavy atom. The van der Waals surface area contributed by atoms with Gasteiger partial charge in [-0.05, 0) is 30.4 Å². The van der Waals surface area contributed by atoms with E-state index in [4.69, 9.17) is 9.84 Å². The number of carboxylic acid groups (broad SMARTS) is 1. The first-order valence-corrected chi connectivity index (χ1v) is 9.11. The van der Waals surface area contributed by atoms with E-state index in [0.29, 0.717) is 19.6 Å². The van der Waals surface area contributed by atoms with Crippen LogP contribution in [-0.4, -0.2) is 47.7 Å². The number of carbonyl (C=O) groups excluding carboxylic acids is 1. The van der Waals surface area contributed by atoms with E-state index < -0.39 is 5.97 Å². The quantitative estimate of drug-likeness (QED) is 0.765. The number of carbonyl (C=O) groups is 2. The molecule has 1 aliphatic heterocycles. The van der Waals surface area contributed by atoms with Gasteiger partial charge < -0.3 is 14.7 Å². The molecule has 1 unspecified atom stereocenters. The predicted octanol–water partition coefficient (Wildman–Crippen LogP) is 3.43. The second-order valence-corrected chi connectivity index (χ2v) is 7.06. The van der Waals surface area contributed by atoms with E-state index in [1.807, 2.05) is 31.2 Å². The average Bonchev–Trinajstić information content (AvgIpc) is 2.56. The van der Waals surface area contributed by atoms with Crippen molar-refractivity contribution in [2.24, 2.45) is 0 Å². The Morgan fingerprint density at radius 3 is 2.62 bits per heavy atom. The van der Waals surface area contributed by atoms with E-state index in [-0.39, 0.29) is 30.8 Å². The third-order valence-corrected chi connectivity index (χ3v) is 5.16. The fourth-order valence-electron chi connectivity index (χ4n) is 3.09. The highest BCUT2D eigenvalue weighted by atomic mass is 79.9. The lowest BCUT2D eigenvalue weighted by molar-refractivity contribution is -0.140. The van der Waals surface area contributed by atoms with Crippen LogP contribution in [0.5, 0.6) is 0 Å². The fourth-order valence-corrected chi connectivity index (χ4v) is 3.76. The van der Waals surface area contributed by atoms with Crippen molar-refractivity contribution in [1.82, 2.24) is 4.90 Å². The molecule has 1 N–H and O–H groups in total. The minimum atomic E-state index is -0.876. The summed E-state index contributed by atoms with van der Waals surface area (Å²) in [6.07, 6.45) is 1.90. The molecule has 0 aromatic heterocycles. The molecule has 6 heteroatoms.